The van der Waals surface area contributed by atoms with Gasteiger partial charge in [-0.1, -0.05) is 31.4 Å². The molecule has 2 amide bonds. The van der Waals surface area contributed by atoms with Crippen LogP contribution in [0.5, 0.6) is 0 Å². The number of benzene rings is 2. The van der Waals surface area contributed by atoms with E-state index >= 15 is 0 Å². The average molecular weight is 428 g/mol. The van der Waals surface area contributed by atoms with E-state index in [1.807, 2.05) is 24.3 Å². The first-order chi connectivity index (χ1) is 14.4. The van der Waals surface area contributed by atoms with Gasteiger partial charge < -0.3 is 10.6 Å². The summed E-state index contributed by atoms with van der Waals surface area (Å²) in [6.45, 7) is 1.78. The Morgan fingerprint density at radius 1 is 1.10 bits per heavy atom. The zero-order valence-corrected chi connectivity index (χ0v) is 17.7. The van der Waals surface area contributed by atoms with Crippen molar-refractivity contribution in [2.45, 2.75) is 43.9 Å². The standard InChI is InChI=1S/C22H25N3O4S/c1-15-10-11-18(25(28)29)13-20(15)24-21(26)14-30-19-9-5-8-17(12-19)23-22(27)16-6-3-2-4-7-16/h5,8-13,16H,2-4,6-7,14H2,1H3,(H,23,27)(H,24,26). The molecule has 8 heteroatoms. The predicted octanol–water partition coefficient (Wildman–Crippen LogP) is 5.15. The van der Waals surface area contributed by atoms with E-state index < -0.39 is 4.92 Å². The van der Waals surface area contributed by atoms with Gasteiger partial charge in [0.25, 0.3) is 5.69 Å². The lowest BCUT2D eigenvalue weighted by atomic mass is 9.88. The van der Waals surface area contributed by atoms with E-state index in [0.717, 1.165) is 41.8 Å². The molecule has 1 aliphatic carbocycles. The first-order valence-electron chi connectivity index (χ1n) is 10.0. The molecule has 1 fully saturated rings. The first kappa shape index (κ1) is 21.8. The highest BCUT2D eigenvalue weighted by Gasteiger charge is 2.21. The lowest BCUT2D eigenvalue weighted by molar-refractivity contribution is -0.384. The number of carbonyl (C=O) groups excluding carboxylic acids is 2. The third kappa shape index (κ3) is 6.06. The maximum Gasteiger partial charge on any atom is 0.271 e. The van der Waals surface area contributed by atoms with Crippen LogP contribution in [0.4, 0.5) is 17.1 Å². The van der Waals surface area contributed by atoms with Crippen LogP contribution < -0.4 is 10.6 Å². The molecule has 0 heterocycles. The fourth-order valence-electron chi connectivity index (χ4n) is 3.47. The van der Waals surface area contributed by atoms with Gasteiger partial charge in [0, 0.05) is 28.6 Å². The van der Waals surface area contributed by atoms with E-state index in [2.05, 4.69) is 10.6 Å². The first-order valence-corrected chi connectivity index (χ1v) is 11.0. The third-order valence-electron chi connectivity index (χ3n) is 5.15. The summed E-state index contributed by atoms with van der Waals surface area (Å²) in [5, 5.41) is 16.6. The topological polar surface area (TPSA) is 101 Å². The van der Waals surface area contributed by atoms with E-state index in [9.17, 15) is 19.7 Å². The van der Waals surface area contributed by atoms with Crippen molar-refractivity contribution < 1.29 is 14.5 Å². The molecule has 0 bridgehead atoms. The molecule has 1 saturated carbocycles. The maximum atomic E-state index is 12.4. The Labute approximate surface area is 179 Å². The fourth-order valence-corrected chi connectivity index (χ4v) is 4.22. The second-order valence-corrected chi connectivity index (χ2v) is 8.49. The van der Waals surface area contributed by atoms with Crippen molar-refractivity contribution >= 4 is 40.6 Å². The SMILES string of the molecule is Cc1ccc([N+](=O)[O-])cc1NC(=O)CSc1cccc(NC(=O)C2CCCCC2)c1. The molecule has 0 radical (unpaired) electrons. The second kappa shape index (κ2) is 10.2. The zero-order valence-electron chi connectivity index (χ0n) is 16.8. The fraction of sp³-hybridized carbons (Fsp3) is 0.364. The van der Waals surface area contributed by atoms with Crippen LogP contribution in [-0.2, 0) is 9.59 Å². The molecule has 0 spiro atoms. The number of non-ortho nitro benzene ring substituents is 1. The number of thioether (sulfide) groups is 1. The molecule has 2 aromatic rings. The number of rotatable bonds is 7. The number of aryl methyl sites for hydroxylation is 1. The van der Waals surface area contributed by atoms with Crippen LogP contribution >= 0.6 is 11.8 Å². The maximum absolute atomic E-state index is 12.4. The smallest absolute Gasteiger partial charge is 0.271 e. The Balaban J connectivity index is 1.55. The molecule has 2 aromatic carbocycles. The predicted molar refractivity (Wildman–Crippen MR) is 119 cm³/mol. The lowest BCUT2D eigenvalue weighted by Gasteiger charge is -2.20. The summed E-state index contributed by atoms with van der Waals surface area (Å²) in [6, 6.07) is 11.8. The number of nitrogens with one attached hydrogen (secondary N) is 2. The molecule has 2 N–H and O–H groups in total. The number of nitro benzene ring substituents is 1. The molecule has 30 heavy (non-hydrogen) atoms. The largest absolute Gasteiger partial charge is 0.326 e. The van der Waals surface area contributed by atoms with Crippen molar-refractivity contribution in [3.05, 3.63) is 58.1 Å². The summed E-state index contributed by atoms with van der Waals surface area (Å²) in [4.78, 5) is 36.0. The highest BCUT2D eigenvalue weighted by molar-refractivity contribution is 8.00. The minimum atomic E-state index is -0.489. The molecular weight excluding hydrogens is 402 g/mol. The van der Waals surface area contributed by atoms with Crippen molar-refractivity contribution in [2.75, 3.05) is 16.4 Å². The van der Waals surface area contributed by atoms with E-state index in [1.165, 1.54) is 30.3 Å². The van der Waals surface area contributed by atoms with Gasteiger partial charge in [-0.3, -0.25) is 19.7 Å². The van der Waals surface area contributed by atoms with Crippen LogP contribution in [0.2, 0.25) is 0 Å². The lowest BCUT2D eigenvalue weighted by Crippen LogP contribution is -2.24. The van der Waals surface area contributed by atoms with Crippen molar-refractivity contribution in [3.8, 4) is 0 Å². The minimum absolute atomic E-state index is 0.0649. The molecule has 0 saturated heterocycles. The number of anilines is 2. The summed E-state index contributed by atoms with van der Waals surface area (Å²) in [5.41, 5.74) is 1.85. The number of nitrogens with zero attached hydrogens (tertiary/aromatic N) is 1. The van der Waals surface area contributed by atoms with Crippen molar-refractivity contribution in [1.82, 2.24) is 0 Å². The molecule has 7 nitrogen and oxygen atoms in total. The summed E-state index contributed by atoms with van der Waals surface area (Å²) < 4.78 is 0. The normalized spacial score (nSPS) is 14.2. The van der Waals surface area contributed by atoms with Gasteiger partial charge in [0.05, 0.1) is 16.4 Å². The van der Waals surface area contributed by atoms with Crippen LogP contribution in [-0.4, -0.2) is 22.5 Å². The molecular formula is C22H25N3O4S. The number of carbonyl (C=O) groups is 2. The van der Waals surface area contributed by atoms with E-state index in [-0.39, 0.29) is 29.2 Å². The molecule has 0 atom stereocenters. The highest BCUT2D eigenvalue weighted by atomic mass is 32.2. The molecule has 0 unspecified atom stereocenters. The van der Waals surface area contributed by atoms with Crippen molar-refractivity contribution in [3.63, 3.8) is 0 Å². The Bertz CT molecular complexity index is 942. The molecule has 158 valence electrons. The van der Waals surface area contributed by atoms with Crippen LogP contribution in [0.15, 0.2) is 47.4 Å². The monoisotopic (exact) mass is 427 g/mol. The number of amides is 2. The van der Waals surface area contributed by atoms with Gasteiger partial charge in [-0.2, -0.15) is 0 Å². The van der Waals surface area contributed by atoms with Gasteiger partial charge in [0.1, 0.15) is 0 Å². The molecule has 0 aromatic heterocycles. The average Bonchev–Trinajstić information content (AvgIpc) is 2.74. The van der Waals surface area contributed by atoms with Crippen molar-refractivity contribution in [2.24, 2.45) is 5.92 Å². The summed E-state index contributed by atoms with van der Waals surface area (Å²) >= 11 is 1.34. The number of nitro groups is 1. The van der Waals surface area contributed by atoms with Crippen LogP contribution in [0, 0.1) is 23.0 Å². The number of hydrogen-bond acceptors (Lipinski definition) is 5. The molecule has 3 rings (SSSR count). The van der Waals surface area contributed by atoms with Crippen molar-refractivity contribution in [1.29, 1.82) is 0 Å². The van der Waals surface area contributed by atoms with Gasteiger partial charge in [0.15, 0.2) is 0 Å². The van der Waals surface area contributed by atoms with Gasteiger partial charge in [-0.05, 0) is 43.5 Å². The molecule has 0 aliphatic heterocycles. The van der Waals surface area contributed by atoms with Gasteiger partial charge in [-0.15, -0.1) is 11.8 Å². The summed E-state index contributed by atoms with van der Waals surface area (Å²) in [5.74, 6) is 0.0531. The van der Waals surface area contributed by atoms with E-state index in [4.69, 9.17) is 0 Å². The van der Waals surface area contributed by atoms with E-state index in [1.54, 1.807) is 13.0 Å². The number of hydrogen-bond donors (Lipinski definition) is 2. The summed E-state index contributed by atoms with van der Waals surface area (Å²) in [6.07, 6.45) is 5.29. The Morgan fingerprint density at radius 2 is 1.87 bits per heavy atom. The highest BCUT2D eigenvalue weighted by Crippen LogP contribution is 2.27. The molecule has 1 aliphatic rings. The quantitative estimate of drug-likeness (QED) is 0.361. The Kier molecular flexibility index (Phi) is 7.46. The van der Waals surface area contributed by atoms with Crippen LogP contribution in [0.25, 0.3) is 0 Å². The minimum Gasteiger partial charge on any atom is -0.326 e. The third-order valence-corrected chi connectivity index (χ3v) is 6.15. The van der Waals surface area contributed by atoms with E-state index in [0.29, 0.717) is 5.69 Å². The summed E-state index contributed by atoms with van der Waals surface area (Å²) in [7, 11) is 0. The Hall–Kier alpha value is -2.87. The zero-order chi connectivity index (χ0) is 21.5. The second-order valence-electron chi connectivity index (χ2n) is 7.45. The van der Waals surface area contributed by atoms with Gasteiger partial charge in [0.2, 0.25) is 11.8 Å². The van der Waals surface area contributed by atoms with Gasteiger partial charge in [-0.25, -0.2) is 0 Å². The Morgan fingerprint density at radius 3 is 2.60 bits per heavy atom. The van der Waals surface area contributed by atoms with Gasteiger partial charge >= 0.3 is 0 Å². The van der Waals surface area contributed by atoms with Crippen LogP contribution in [0.1, 0.15) is 37.7 Å². The van der Waals surface area contributed by atoms with Crippen LogP contribution in [0.3, 0.4) is 0 Å².